The molecule has 2 atom stereocenters. The van der Waals surface area contributed by atoms with Gasteiger partial charge in [-0.15, -0.1) is 0 Å². The highest BCUT2D eigenvalue weighted by atomic mass is 16.6. The lowest BCUT2D eigenvalue weighted by Crippen LogP contribution is -2.25. The lowest BCUT2D eigenvalue weighted by molar-refractivity contribution is -0.157. The molecule has 1 rings (SSSR count). The van der Waals surface area contributed by atoms with E-state index in [0.29, 0.717) is 13.0 Å². The molecular weight excluding hydrogens is 208 g/mol. The summed E-state index contributed by atoms with van der Waals surface area (Å²) in [4.78, 5) is 22.5. The molecule has 92 valence electrons. The third-order valence-corrected chi connectivity index (χ3v) is 2.38. The Hall–Kier alpha value is -1.06. The molecule has 4 nitrogen and oxygen atoms in total. The van der Waals surface area contributed by atoms with Gasteiger partial charge in [-0.3, -0.25) is 9.59 Å². The summed E-state index contributed by atoms with van der Waals surface area (Å²) in [6, 6.07) is 0. The number of esters is 2. The second-order valence-corrected chi connectivity index (χ2v) is 5.17. The van der Waals surface area contributed by atoms with Crippen molar-refractivity contribution in [2.45, 2.75) is 46.1 Å². The van der Waals surface area contributed by atoms with Crippen LogP contribution in [0, 0.1) is 11.8 Å². The minimum absolute atomic E-state index is 0.0797. The van der Waals surface area contributed by atoms with Crippen molar-refractivity contribution in [3.8, 4) is 0 Å². The molecule has 1 aliphatic rings. The van der Waals surface area contributed by atoms with Gasteiger partial charge < -0.3 is 9.47 Å². The predicted octanol–water partition coefficient (Wildman–Crippen LogP) is 1.92. The molecule has 0 aromatic rings. The number of hydrogen-bond acceptors (Lipinski definition) is 4. The lowest BCUT2D eigenvalue weighted by atomic mass is 10.2. The van der Waals surface area contributed by atoms with Gasteiger partial charge in [0.1, 0.15) is 5.60 Å². The SMILES string of the molecule is CCC(=O)OCC1CC1C(=O)OC(C)(C)C. The highest BCUT2D eigenvalue weighted by molar-refractivity contribution is 5.76. The molecule has 0 radical (unpaired) electrons. The fraction of sp³-hybridized carbons (Fsp3) is 0.833. The Morgan fingerprint density at radius 1 is 1.31 bits per heavy atom. The summed E-state index contributed by atoms with van der Waals surface area (Å²) in [5, 5.41) is 0. The average Bonchev–Trinajstić information content (AvgIpc) is 2.90. The fourth-order valence-corrected chi connectivity index (χ4v) is 1.40. The van der Waals surface area contributed by atoms with E-state index >= 15 is 0 Å². The monoisotopic (exact) mass is 228 g/mol. The summed E-state index contributed by atoms with van der Waals surface area (Å²) in [6.07, 6.45) is 1.15. The van der Waals surface area contributed by atoms with E-state index in [0.717, 1.165) is 6.42 Å². The van der Waals surface area contributed by atoms with Crippen LogP contribution >= 0.6 is 0 Å². The van der Waals surface area contributed by atoms with Crippen molar-refractivity contribution < 1.29 is 19.1 Å². The summed E-state index contributed by atoms with van der Waals surface area (Å²) in [6.45, 7) is 7.63. The molecule has 1 fully saturated rings. The summed E-state index contributed by atoms with van der Waals surface area (Å²) in [7, 11) is 0. The van der Waals surface area contributed by atoms with Crippen molar-refractivity contribution in [1.29, 1.82) is 0 Å². The topological polar surface area (TPSA) is 52.6 Å². The van der Waals surface area contributed by atoms with Crippen LogP contribution in [0.4, 0.5) is 0 Å². The van der Waals surface area contributed by atoms with Crippen molar-refractivity contribution >= 4 is 11.9 Å². The highest BCUT2D eigenvalue weighted by Crippen LogP contribution is 2.40. The minimum atomic E-state index is -0.440. The van der Waals surface area contributed by atoms with E-state index in [1.54, 1.807) is 6.92 Å². The zero-order valence-corrected chi connectivity index (χ0v) is 10.4. The van der Waals surface area contributed by atoms with E-state index in [4.69, 9.17) is 9.47 Å². The van der Waals surface area contributed by atoms with Gasteiger partial charge in [-0.2, -0.15) is 0 Å². The molecule has 0 aromatic heterocycles. The average molecular weight is 228 g/mol. The maximum atomic E-state index is 11.6. The Kier molecular flexibility index (Phi) is 3.94. The first kappa shape index (κ1) is 13.0. The van der Waals surface area contributed by atoms with Crippen LogP contribution in [0.1, 0.15) is 40.5 Å². The van der Waals surface area contributed by atoms with Crippen LogP contribution in [-0.4, -0.2) is 24.1 Å². The second kappa shape index (κ2) is 4.85. The van der Waals surface area contributed by atoms with E-state index in [2.05, 4.69) is 0 Å². The Bertz CT molecular complexity index is 277. The first-order valence-corrected chi connectivity index (χ1v) is 5.72. The zero-order chi connectivity index (χ0) is 12.3. The maximum Gasteiger partial charge on any atom is 0.309 e. The number of rotatable bonds is 4. The van der Waals surface area contributed by atoms with Gasteiger partial charge in [0.2, 0.25) is 0 Å². The smallest absolute Gasteiger partial charge is 0.309 e. The Balaban J connectivity index is 2.23. The van der Waals surface area contributed by atoms with E-state index in [1.165, 1.54) is 0 Å². The van der Waals surface area contributed by atoms with Crippen LogP contribution < -0.4 is 0 Å². The van der Waals surface area contributed by atoms with E-state index in [-0.39, 0.29) is 23.8 Å². The molecule has 1 aliphatic carbocycles. The van der Waals surface area contributed by atoms with Crippen molar-refractivity contribution in [3.05, 3.63) is 0 Å². The van der Waals surface area contributed by atoms with Crippen molar-refractivity contribution in [3.63, 3.8) is 0 Å². The van der Waals surface area contributed by atoms with Gasteiger partial charge >= 0.3 is 11.9 Å². The number of hydrogen-bond donors (Lipinski definition) is 0. The lowest BCUT2D eigenvalue weighted by Gasteiger charge is -2.19. The largest absolute Gasteiger partial charge is 0.465 e. The van der Waals surface area contributed by atoms with Gasteiger partial charge in [0.15, 0.2) is 0 Å². The molecule has 0 aliphatic heterocycles. The minimum Gasteiger partial charge on any atom is -0.465 e. The molecule has 1 saturated carbocycles. The van der Waals surface area contributed by atoms with E-state index in [9.17, 15) is 9.59 Å². The van der Waals surface area contributed by atoms with Gasteiger partial charge in [0.25, 0.3) is 0 Å². The summed E-state index contributed by atoms with van der Waals surface area (Å²) in [5.41, 5.74) is -0.440. The van der Waals surface area contributed by atoms with Crippen LogP contribution in [0.3, 0.4) is 0 Å². The molecule has 0 bridgehead atoms. The van der Waals surface area contributed by atoms with Crippen LogP contribution in [0.5, 0.6) is 0 Å². The van der Waals surface area contributed by atoms with Gasteiger partial charge in [0, 0.05) is 12.3 Å². The first-order valence-electron chi connectivity index (χ1n) is 5.72. The molecule has 4 heteroatoms. The summed E-state index contributed by atoms with van der Waals surface area (Å²) < 4.78 is 10.2. The Morgan fingerprint density at radius 3 is 2.44 bits per heavy atom. The van der Waals surface area contributed by atoms with Crippen LogP contribution in [0.2, 0.25) is 0 Å². The summed E-state index contributed by atoms with van der Waals surface area (Å²) >= 11 is 0. The van der Waals surface area contributed by atoms with Gasteiger partial charge in [-0.05, 0) is 27.2 Å². The Labute approximate surface area is 96.3 Å². The molecule has 0 N–H and O–H groups in total. The van der Waals surface area contributed by atoms with Gasteiger partial charge in [0.05, 0.1) is 12.5 Å². The fourth-order valence-electron chi connectivity index (χ4n) is 1.40. The number of ether oxygens (including phenoxy) is 2. The molecule has 16 heavy (non-hydrogen) atoms. The van der Waals surface area contributed by atoms with Crippen molar-refractivity contribution in [2.75, 3.05) is 6.61 Å². The van der Waals surface area contributed by atoms with Gasteiger partial charge in [-0.1, -0.05) is 6.92 Å². The van der Waals surface area contributed by atoms with Crippen LogP contribution in [0.25, 0.3) is 0 Å². The predicted molar refractivity (Wildman–Crippen MR) is 58.7 cm³/mol. The molecule has 0 heterocycles. The molecular formula is C12H20O4. The molecule has 2 unspecified atom stereocenters. The third-order valence-electron chi connectivity index (χ3n) is 2.38. The molecule has 0 spiro atoms. The molecule has 0 amide bonds. The van der Waals surface area contributed by atoms with Crippen molar-refractivity contribution in [1.82, 2.24) is 0 Å². The Morgan fingerprint density at radius 2 is 1.94 bits per heavy atom. The zero-order valence-electron chi connectivity index (χ0n) is 10.4. The normalized spacial score (nSPS) is 23.8. The highest BCUT2D eigenvalue weighted by Gasteiger charge is 2.45. The molecule has 0 saturated heterocycles. The van der Waals surface area contributed by atoms with E-state index < -0.39 is 5.60 Å². The van der Waals surface area contributed by atoms with E-state index in [1.807, 2.05) is 20.8 Å². The molecule has 0 aromatic carbocycles. The first-order chi connectivity index (χ1) is 7.33. The quantitative estimate of drug-likeness (QED) is 0.690. The van der Waals surface area contributed by atoms with Gasteiger partial charge in [-0.25, -0.2) is 0 Å². The number of carbonyl (C=O) groups is 2. The second-order valence-electron chi connectivity index (χ2n) is 5.17. The van der Waals surface area contributed by atoms with Crippen molar-refractivity contribution in [2.24, 2.45) is 11.8 Å². The summed E-state index contributed by atoms with van der Waals surface area (Å²) in [5.74, 6) is -0.311. The van der Waals surface area contributed by atoms with Crippen LogP contribution in [0.15, 0.2) is 0 Å². The van der Waals surface area contributed by atoms with Crippen LogP contribution in [-0.2, 0) is 19.1 Å². The maximum absolute atomic E-state index is 11.6. The number of carbonyl (C=O) groups excluding carboxylic acids is 2. The third kappa shape index (κ3) is 4.21. The standard InChI is InChI=1S/C12H20O4/c1-5-10(13)15-7-8-6-9(8)11(14)16-12(2,3)4/h8-9H,5-7H2,1-4H3.